The van der Waals surface area contributed by atoms with E-state index in [-0.39, 0.29) is 18.8 Å². The van der Waals surface area contributed by atoms with Gasteiger partial charge < -0.3 is 15.2 Å². The molecule has 5 nitrogen and oxygen atoms in total. The van der Waals surface area contributed by atoms with Crippen LogP contribution in [0.2, 0.25) is 0 Å². The lowest BCUT2D eigenvalue weighted by Crippen LogP contribution is -2.26. The van der Waals surface area contributed by atoms with Gasteiger partial charge in [-0.2, -0.15) is 4.37 Å². The third-order valence-electron chi connectivity index (χ3n) is 2.22. The lowest BCUT2D eigenvalue weighted by molar-refractivity contribution is 0.115. The molecule has 0 saturated carbocycles. The van der Waals surface area contributed by atoms with Crippen molar-refractivity contribution in [3.63, 3.8) is 0 Å². The largest absolute Gasteiger partial charge is 0.473 e. The molecule has 0 bridgehead atoms. The smallest absolute Gasteiger partial charge is 0.245 e. The second-order valence-corrected chi connectivity index (χ2v) is 4.27. The van der Waals surface area contributed by atoms with Crippen LogP contribution in [-0.4, -0.2) is 33.1 Å². The number of nitrogens with zero attached hydrogens (tertiary/aromatic N) is 2. The summed E-state index contributed by atoms with van der Waals surface area (Å²) in [7, 11) is 0. The summed E-state index contributed by atoms with van der Waals surface area (Å²) in [5.74, 6) is -1.03. The maximum absolute atomic E-state index is 13.3. The Balaban J connectivity index is 1.78. The van der Waals surface area contributed by atoms with Crippen molar-refractivity contribution in [3.05, 3.63) is 36.0 Å². The number of hydrogen-bond acceptors (Lipinski definition) is 6. The van der Waals surface area contributed by atoms with Crippen molar-refractivity contribution in [3.8, 4) is 5.88 Å². The van der Waals surface area contributed by atoms with E-state index in [0.29, 0.717) is 5.88 Å². The van der Waals surface area contributed by atoms with Gasteiger partial charge in [-0.15, -0.1) is 4.37 Å². The van der Waals surface area contributed by atoms with Crippen molar-refractivity contribution in [2.24, 2.45) is 0 Å². The predicted octanol–water partition coefficient (Wildman–Crippen LogP) is 1.67. The Hall–Kier alpha value is -1.80. The first-order valence-corrected chi connectivity index (χ1v) is 6.15. The third kappa shape index (κ3) is 4.11. The molecule has 19 heavy (non-hydrogen) atoms. The van der Waals surface area contributed by atoms with Gasteiger partial charge in [0.25, 0.3) is 0 Å². The minimum absolute atomic E-state index is 0.00122. The van der Waals surface area contributed by atoms with Gasteiger partial charge in [-0.1, -0.05) is 0 Å². The van der Waals surface area contributed by atoms with Crippen molar-refractivity contribution in [1.82, 2.24) is 8.75 Å². The fourth-order valence-corrected chi connectivity index (χ4v) is 1.69. The van der Waals surface area contributed by atoms with Crippen LogP contribution >= 0.6 is 11.7 Å². The number of aliphatic hydroxyl groups is 1. The minimum Gasteiger partial charge on any atom is -0.473 e. The van der Waals surface area contributed by atoms with Crippen LogP contribution in [0.25, 0.3) is 0 Å². The summed E-state index contributed by atoms with van der Waals surface area (Å²) in [6.07, 6.45) is 0.580. The van der Waals surface area contributed by atoms with Gasteiger partial charge in [0.2, 0.25) is 5.88 Å². The van der Waals surface area contributed by atoms with E-state index in [1.165, 1.54) is 12.3 Å². The normalized spacial score (nSPS) is 12.2. The first-order chi connectivity index (χ1) is 9.15. The van der Waals surface area contributed by atoms with Gasteiger partial charge in [-0.25, -0.2) is 8.78 Å². The van der Waals surface area contributed by atoms with E-state index in [1.807, 2.05) is 0 Å². The van der Waals surface area contributed by atoms with Gasteiger partial charge >= 0.3 is 0 Å². The van der Waals surface area contributed by atoms with Gasteiger partial charge in [-0.3, -0.25) is 0 Å². The highest BCUT2D eigenvalue weighted by atomic mass is 32.1. The topological polar surface area (TPSA) is 67.3 Å². The molecule has 1 aromatic carbocycles. The van der Waals surface area contributed by atoms with Crippen LogP contribution < -0.4 is 10.1 Å². The lowest BCUT2D eigenvalue weighted by Gasteiger charge is -2.13. The fourth-order valence-electron chi connectivity index (χ4n) is 1.32. The molecule has 0 fully saturated rings. The van der Waals surface area contributed by atoms with E-state index < -0.39 is 17.7 Å². The number of aromatic nitrogens is 2. The summed E-state index contributed by atoms with van der Waals surface area (Å²) >= 11 is 0.997. The van der Waals surface area contributed by atoms with Gasteiger partial charge in [0, 0.05) is 12.6 Å². The molecular weight excluding hydrogens is 276 g/mol. The number of benzene rings is 1. The number of nitrogens with one attached hydrogen (secondary N) is 1. The van der Waals surface area contributed by atoms with E-state index in [4.69, 9.17) is 4.74 Å². The Kier molecular flexibility index (Phi) is 4.58. The van der Waals surface area contributed by atoms with Gasteiger partial charge in [-0.05, 0) is 12.1 Å². The molecule has 0 aliphatic rings. The minimum atomic E-state index is -0.855. The highest BCUT2D eigenvalue weighted by Gasteiger charge is 2.09. The van der Waals surface area contributed by atoms with E-state index >= 15 is 0 Å². The highest BCUT2D eigenvalue weighted by molar-refractivity contribution is 6.99. The zero-order valence-electron chi connectivity index (χ0n) is 9.72. The Bertz CT molecular complexity index is 525. The molecule has 0 amide bonds. The monoisotopic (exact) mass is 287 g/mol. The van der Waals surface area contributed by atoms with Crippen LogP contribution in [0.5, 0.6) is 5.88 Å². The summed E-state index contributed by atoms with van der Waals surface area (Å²) < 4.78 is 38.6. The van der Waals surface area contributed by atoms with Crippen LogP contribution in [0.3, 0.4) is 0 Å². The Labute approximate surface area is 112 Å². The summed E-state index contributed by atoms with van der Waals surface area (Å²) in [6.45, 7) is 0.0708. The highest BCUT2D eigenvalue weighted by Crippen LogP contribution is 2.14. The SMILES string of the molecule is OC(CNc1ccc(F)cc1F)COc1cnsn1. The molecule has 0 radical (unpaired) electrons. The van der Waals surface area contributed by atoms with Crippen LogP contribution in [0.15, 0.2) is 24.4 Å². The van der Waals surface area contributed by atoms with Gasteiger partial charge in [0.15, 0.2) is 0 Å². The number of hydrogen-bond donors (Lipinski definition) is 2. The van der Waals surface area contributed by atoms with Crippen LogP contribution in [-0.2, 0) is 0 Å². The van der Waals surface area contributed by atoms with E-state index in [9.17, 15) is 13.9 Å². The zero-order valence-corrected chi connectivity index (χ0v) is 10.5. The molecule has 2 N–H and O–H groups in total. The third-order valence-corrected chi connectivity index (χ3v) is 2.69. The molecule has 8 heteroatoms. The van der Waals surface area contributed by atoms with Crippen molar-refractivity contribution < 1.29 is 18.6 Å². The zero-order chi connectivity index (χ0) is 13.7. The number of rotatable bonds is 6. The standard InChI is InChI=1S/C11H11F2N3O2S/c12-7-1-2-10(9(13)3-7)14-4-8(17)6-18-11-5-15-19-16-11/h1-3,5,8,14,17H,4,6H2. The second kappa shape index (κ2) is 6.39. The number of halogens is 2. The quantitative estimate of drug-likeness (QED) is 0.846. The van der Waals surface area contributed by atoms with Crippen molar-refractivity contribution in [1.29, 1.82) is 0 Å². The first-order valence-electron chi connectivity index (χ1n) is 5.42. The Morgan fingerprint density at radius 3 is 2.95 bits per heavy atom. The number of aliphatic hydroxyl groups excluding tert-OH is 1. The Morgan fingerprint density at radius 1 is 1.42 bits per heavy atom. The number of anilines is 1. The molecule has 0 aliphatic carbocycles. The average Bonchev–Trinajstić information content (AvgIpc) is 2.88. The molecule has 0 aliphatic heterocycles. The van der Waals surface area contributed by atoms with Crippen LogP contribution in [0.4, 0.5) is 14.5 Å². The van der Waals surface area contributed by atoms with Crippen molar-refractivity contribution in [2.75, 3.05) is 18.5 Å². The van der Waals surface area contributed by atoms with Gasteiger partial charge in [0.05, 0.1) is 17.4 Å². The van der Waals surface area contributed by atoms with Crippen molar-refractivity contribution in [2.45, 2.75) is 6.10 Å². The summed E-state index contributed by atoms with van der Waals surface area (Å²) in [5, 5.41) is 12.3. The molecule has 1 atom stereocenters. The first kappa shape index (κ1) is 13.6. The predicted molar refractivity (Wildman–Crippen MR) is 66.3 cm³/mol. The molecule has 0 spiro atoms. The second-order valence-electron chi connectivity index (χ2n) is 3.72. The van der Waals surface area contributed by atoms with Crippen LogP contribution in [0, 0.1) is 11.6 Å². The molecule has 0 saturated heterocycles. The molecule has 2 rings (SSSR count). The molecule has 1 unspecified atom stereocenters. The summed E-state index contributed by atoms with van der Waals surface area (Å²) in [5.41, 5.74) is 0.121. The molecule has 2 aromatic rings. The van der Waals surface area contributed by atoms with Gasteiger partial charge in [0.1, 0.15) is 30.5 Å². The molecular formula is C11H11F2N3O2S. The molecule has 1 aromatic heterocycles. The fraction of sp³-hybridized carbons (Fsp3) is 0.273. The van der Waals surface area contributed by atoms with Crippen LogP contribution in [0.1, 0.15) is 0 Å². The number of ether oxygens (including phenoxy) is 1. The van der Waals surface area contributed by atoms with E-state index in [0.717, 1.165) is 23.9 Å². The molecule has 1 heterocycles. The lowest BCUT2D eigenvalue weighted by atomic mass is 10.3. The Morgan fingerprint density at radius 2 is 2.26 bits per heavy atom. The van der Waals surface area contributed by atoms with Crippen molar-refractivity contribution >= 4 is 17.4 Å². The summed E-state index contributed by atoms with van der Waals surface area (Å²) in [6, 6.07) is 3.17. The summed E-state index contributed by atoms with van der Waals surface area (Å²) in [4.78, 5) is 0. The maximum Gasteiger partial charge on any atom is 0.245 e. The van der Waals surface area contributed by atoms with E-state index in [2.05, 4.69) is 14.1 Å². The molecule has 102 valence electrons. The average molecular weight is 287 g/mol. The van der Waals surface area contributed by atoms with E-state index in [1.54, 1.807) is 0 Å². The maximum atomic E-state index is 13.3.